The van der Waals surface area contributed by atoms with E-state index in [-0.39, 0.29) is 17.6 Å². The molecule has 0 N–H and O–H groups in total. The molecule has 1 aromatic rings. The molecular formula is C18H25FN2O3. The summed E-state index contributed by atoms with van der Waals surface area (Å²) in [6.45, 7) is 3.21. The van der Waals surface area contributed by atoms with E-state index in [1.54, 1.807) is 42.2 Å². The molecule has 5 nitrogen and oxygen atoms in total. The molecule has 1 aromatic carbocycles. The Labute approximate surface area is 142 Å². The second-order valence-electron chi connectivity index (χ2n) is 6.04. The molecule has 2 rings (SSSR count). The van der Waals surface area contributed by atoms with E-state index in [2.05, 4.69) is 0 Å². The third kappa shape index (κ3) is 3.75. The molecule has 1 saturated heterocycles. The van der Waals surface area contributed by atoms with E-state index in [1.807, 2.05) is 6.92 Å². The first kappa shape index (κ1) is 18.4. The van der Waals surface area contributed by atoms with Crippen molar-refractivity contribution in [3.8, 4) is 0 Å². The number of hydrogen-bond donors (Lipinski definition) is 0. The Hall–Kier alpha value is -1.95. The smallest absolute Gasteiger partial charge is 0.227 e. The van der Waals surface area contributed by atoms with Crippen LogP contribution in [-0.2, 0) is 14.3 Å². The molecule has 2 atom stereocenters. The largest absolute Gasteiger partial charge is 0.383 e. The van der Waals surface area contributed by atoms with Crippen molar-refractivity contribution in [3.05, 3.63) is 35.6 Å². The van der Waals surface area contributed by atoms with Gasteiger partial charge in [0, 0.05) is 39.2 Å². The first-order chi connectivity index (χ1) is 11.5. The van der Waals surface area contributed by atoms with Gasteiger partial charge in [0.05, 0.1) is 18.6 Å². The summed E-state index contributed by atoms with van der Waals surface area (Å²) in [5, 5.41) is 0. The van der Waals surface area contributed by atoms with Crippen LogP contribution in [0.3, 0.4) is 0 Å². The molecule has 0 aromatic heterocycles. The molecule has 0 bridgehead atoms. The monoisotopic (exact) mass is 336 g/mol. The number of rotatable bonds is 6. The van der Waals surface area contributed by atoms with Crippen molar-refractivity contribution in [3.63, 3.8) is 0 Å². The van der Waals surface area contributed by atoms with Crippen LogP contribution in [0.15, 0.2) is 24.3 Å². The van der Waals surface area contributed by atoms with Gasteiger partial charge in [0.15, 0.2) is 0 Å². The van der Waals surface area contributed by atoms with Crippen LogP contribution in [0.4, 0.5) is 4.39 Å². The fourth-order valence-electron chi connectivity index (χ4n) is 3.31. The molecule has 0 spiro atoms. The maximum Gasteiger partial charge on any atom is 0.227 e. The fraction of sp³-hybridized carbons (Fsp3) is 0.556. The number of likely N-dealkylation sites (tertiary alicyclic amines) is 1. The topological polar surface area (TPSA) is 49.9 Å². The number of benzene rings is 1. The number of methoxy groups -OCH3 is 1. The zero-order valence-corrected chi connectivity index (χ0v) is 14.5. The zero-order chi connectivity index (χ0) is 17.7. The van der Waals surface area contributed by atoms with Crippen molar-refractivity contribution < 1.29 is 18.7 Å². The van der Waals surface area contributed by atoms with Gasteiger partial charge in [0.25, 0.3) is 0 Å². The molecule has 24 heavy (non-hydrogen) atoms. The van der Waals surface area contributed by atoms with Crippen LogP contribution in [0.2, 0.25) is 0 Å². The Balaban J connectivity index is 2.35. The van der Waals surface area contributed by atoms with Crippen molar-refractivity contribution >= 4 is 11.8 Å². The number of likely N-dealkylation sites (N-methyl/N-ethyl adjacent to an activating group) is 1. The minimum atomic E-state index is -0.560. The van der Waals surface area contributed by atoms with E-state index in [0.717, 1.165) is 0 Å². The van der Waals surface area contributed by atoms with Crippen molar-refractivity contribution in [1.29, 1.82) is 0 Å². The Morgan fingerprint density at radius 3 is 2.75 bits per heavy atom. The highest BCUT2D eigenvalue weighted by Crippen LogP contribution is 2.38. The standard InChI is InChI=1S/C18H25FN2O3/c1-4-21-16(22)10-9-14(18(23)20(2)11-12-24-3)17(21)13-7-5-6-8-15(13)19/h5-8,14,17H,4,9-12H2,1-3H3/t14-,17+/m1/s1. The normalized spacial score (nSPS) is 21.0. The fourth-order valence-corrected chi connectivity index (χ4v) is 3.31. The summed E-state index contributed by atoms with van der Waals surface area (Å²) in [6.07, 6.45) is 0.748. The Kier molecular flexibility index (Phi) is 6.31. The van der Waals surface area contributed by atoms with Gasteiger partial charge in [-0.3, -0.25) is 9.59 Å². The Bertz CT molecular complexity index is 593. The van der Waals surface area contributed by atoms with Gasteiger partial charge in [-0.25, -0.2) is 4.39 Å². The average Bonchev–Trinajstić information content (AvgIpc) is 2.59. The third-order valence-electron chi connectivity index (χ3n) is 4.60. The molecule has 2 amide bonds. The highest BCUT2D eigenvalue weighted by molar-refractivity contribution is 5.85. The molecule has 1 fully saturated rings. The van der Waals surface area contributed by atoms with Crippen LogP contribution in [0.25, 0.3) is 0 Å². The van der Waals surface area contributed by atoms with Crippen molar-refractivity contribution in [2.75, 3.05) is 33.9 Å². The molecule has 1 aliphatic heterocycles. The second kappa shape index (κ2) is 8.24. The van der Waals surface area contributed by atoms with Gasteiger partial charge in [-0.2, -0.15) is 0 Å². The molecule has 1 heterocycles. The third-order valence-corrected chi connectivity index (χ3v) is 4.60. The minimum Gasteiger partial charge on any atom is -0.383 e. The zero-order valence-electron chi connectivity index (χ0n) is 14.5. The predicted octanol–water partition coefficient (Wildman–Crippen LogP) is 2.23. The molecule has 6 heteroatoms. The van der Waals surface area contributed by atoms with E-state index < -0.39 is 12.0 Å². The molecule has 0 unspecified atom stereocenters. The summed E-state index contributed by atoms with van der Waals surface area (Å²) >= 11 is 0. The van der Waals surface area contributed by atoms with Gasteiger partial charge >= 0.3 is 0 Å². The van der Waals surface area contributed by atoms with Crippen LogP contribution in [-0.4, -0.2) is 55.5 Å². The minimum absolute atomic E-state index is 0.0330. The highest BCUT2D eigenvalue weighted by atomic mass is 19.1. The number of carbonyl (C=O) groups excluding carboxylic acids is 2. The quantitative estimate of drug-likeness (QED) is 0.800. The first-order valence-corrected chi connectivity index (χ1v) is 8.29. The number of amides is 2. The Morgan fingerprint density at radius 1 is 1.42 bits per heavy atom. The second-order valence-corrected chi connectivity index (χ2v) is 6.04. The summed E-state index contributed by atoms with van der Waals surface area (Å²) in [5.74, 6) is -0.935. The average molecular weight is 336 g/mol. The number of nitrogens with zero attached hydrogens (tertiary/aromatic N) is 2. The molecule has 0 aliphatic carbocycles. The molecule has 132 valence electrons. The summed E-state index contributed by atoms with van der Waals surface area (Å²) < 4.78 is 19.4. The number of carbonyl (C=O) groups is 2. The van der Waals surface area contributed by atoms with E-state index in [0.29, 0.717) is 38.1 Å². The summed E-state index contributed by atoms with van der Waals surface area (Å²) in [5.41, 5.74) is 0.408. The maximum absolute atomic E-state index is 14.4. The lowest BCUT2D eigenvalue weighted by Gasteiger charge is -2.41. The summed E-state index contributed by atoms with van der Waals surface area (Å²) in [7, 11) is 3.30. The van der Waals surface area contributed by atoms with E-state index in [1.165, 1.54) is 6.07 Å². The lowest BCUT2D eigenvalue weighted by atomic mass is 9.83. The van der Waals surface area contributed by atoms with Crippen LogP contribution < -0.4 is 0 Å². The molecule has 0 radical (unpaired) electrons. The van der Waals surface area contributed by atoms with Crippen LogP contribution in [0, 0.1) is 11.7 Å². The highest BCUT2D eigenvalue weighted by Gasteiger charge is 2.41. The van der Waals surface area contributed by atoms with E-state index in [4.69, 9.17) is 4.74 Å². The van der Waals surface area contributed by atoms with Gasteiger partial charge in [0.2, 0.25) is 11.8 Å². The predicted molar refractivity (Wildman–Crippen MR) is 88.8 cm³/mol. The van der Waals surface area contributed by atoms with Gasteiger partial charge < -0.3 is 14.5 Å². The SMILES string of the molecule is CCN1C(=O)CC[C@@H](C(=O)N(C)CCOC)[C@@H]1c1ccccc1F. The van der Waals surface area contributed by atoms with Gasteiger partial charge in [0.1, 0.15) is 5.82 Å². The van der Waals surface area contributed by atoms with Crippen molar-refractivity contribution in [2.45, 2.75) is 25.8 Å². The number of hydrogen-bond acceptors (Lipinski definition) is 3. The van der Waals surface area contributed by atoms with Gasteiger partial charge in [-0.05, 0) is 19.4 Å². The first-order valence-electron chi connectivity index (χ1n) is 8.29. The van der Waals surface area contributed by atoms with Crippen molar-refractivity contribution in [2.24, 2.45) is 5.92 Å². The van der Waals surface area contributed by atoms with Gasteiger partial charge in [-0.1, -0.05) is 18.2 Å². The summed E-state index contributed by atoms with van der Waals surface area (Å²) in [4.78, 5) is 28.4. The lowest BCUT2D eigenvalue weighted by Crippen LogP contribution is -2.49. The molecule has 1 aliphatic rings. The maximum atomic E-state index is 14.4. The van der Waals surface area contributed by atoms with Crippen LogP contribution in [0.1, 0.15) is 31.4 Å². The molecule has 0 saturated carbocycles. The Morgan fingerprint density at radius 2 is 2.12 bits per heavy atom. The van der Waals surface area contributed by atoms with Crippen LogP contribution >= 0.6 is 0 Å². The summed E-state index contributed by atoms with van der Waals surface area (Å²) in [6, 6.07) is 5.83. The number of piperidine rings is 1. The number of halogens is 1. The lowest BCUT2D eigenvalue weighted by molar-refractivity contribution is -0.147. The van der Waals surface area contributed by atoms with Crippen LogP contribution in [0.5, 0.6) is 0 Å². The van der Waals surface area contributed by atoms with Gasteiger partial charge in [-0.15, -0.1) is 0 Å². The van der Waals surface area contributed by atoms with E-state index >= 15 is 0 Å². The van der Waals surface area contributed by atoms with Crippen molar-refractivity contribution in [1.82, 2.24) is 9.80 Å². The van der Waals surface area contributed by atoms with E-state index in [9.17, 15) is 14.0 Å². The number of ether oxygens (including phenoxy) is 1. The molecular weight excluding hydrogens is 311 g/mol.